The van der Waals surface area contributed by atoms with Crippen LogP contribution in [-0.2, 0) is 22.6 Å². The molecule has 5 heteroatoms. The van der Waals surface area contributed by atoms with Crippen LogP contribution in [0.1, 0.15) is 25.0 Å². The number of nitrogens with two attached hydrogens (primary N) is 1. The molecular formula is C16H27FN2O2. The molecule has 0 saturated carbocycles. The number of hydrogen-bond donors (Lipinski definition) is 1. The van der Waals surface area contributed by atoms with Crippen molar-refractivity contribution < 1.29 is 13.9 Å². The molecule has 0 saturated heterocycles. The molecule has 120 valence electrons. The van der Waals surface area contributed by atoms with E-state index < -0.39 is 0 Å². The highest BCUT2D eigenvalue weighted by Crippen LogP contribution is 2.11. The molecule has 1 aromatic rings. The molecule has 0 radical (unpaired) electrons. The van der Waals surface area contributed by atoms with E-state index in [2.05, 4.69) is 4.90 Å². The van der Waals surface area contributed by atoms with Crippen molar-refractivity contribution >= 4 is 0 Å². The summed E-state index contributed by atoms with van der Waals surface area (Å²) in [6.45, 7) is 9.32. The van der Waals surface area contributed by atoms with Gasteiger partial charge in [0.2, 0.25) is 0 Å². The predicted octanol–water partition coefficient (Wildman–Crippen LogP) is 2.16. The molecule has 0 aliphatic rings. The van der Waals surface area contributed by atoms with Crippen molar-refractivity contribution in [2.75, 3.05) is 39.5 Å². The number of nitrogens with zero attached hydrogens (tertiary/aromatic N) is 1. The van der Waals surface area contributed by atoms with Crippen LogP contribution in [0.25, 0.3) is 0 Å². The first-order valence-electron chi connectivity index (χ1n) is 7.55. The van der Waals surface area contributed by atoms with Crippen LogP contribution in [0, 0.1) is 5.82 Å². The zero-order valence-corrected chi connectivity index (χ0v) is 13.1. The van der Waals surface area contributed by atoms with E-state index in [-0.39, 0.29) is 5.82 Å². The molecule has 0 aliphatic carbocycles. The van der Waals surface area contributed by atoms with Gasteiger partial charge in [0, 0.05) is 39.4 Å². The lowest BCUT2D eigenvalue weighted by atomic mass is 10.1. The molecule has 0 atom stereocenters. The summed E-state index contributed by atoms with van der Waals surface area (Å²) in [6.07, 6.45) is 0. The summed E-state index contributed by atoms with van der Waals surface area (Å²) in [5.74, 6) is -0.234. The molecule has 0 unspecified atom stereocenters. The van der Waals surface area contributed by atoms with Crippen molar-refractivity contribution in [1.29, 1.82) is 0 Å². The second kappa shape index (κ2) is 10.7. The van der Waals surface area contributed by atoms with Gasteiger partial charge < -0.3 is 15.2 Å². The Kier molecular flexibility index (Phi) is 9.17. The highest BCUT2D eigenvalue weighted by molar-refractivity contribution is 5.24. The van der Waals surface area contributed by atoms with Crippen molar-refractivity contribution in [3.63, 3.8) is 0 Å². The maximum atomic E-state index is 13.6. The molecule has 0 aliphatic heterocycles. The van der Waals surface area contributed by atoms with E-state index in [9.17, 15) is 4.39 Å². The average molecular weight is 298 g/mol. The third kappa shape index (κ3) is 7.52. The highest BCUT2D eigenvalue weighted by atomic mass is 19.1. The molecule has 0 bridgehead atoms. The van der Waals surface area contributed by atoms with E-state index in [0.717, 1.165) is 24.2 Å². The lowest BCUT2D eigenvalue weighted by Crippen LogP contribution is -2.31. The summed E-state index contributed by atoms with van der Waals surface area (Å²) in [4.78, 5) is 2.21. The monoisotopic (exact) mass is 298 g/mol. The van der Waals surface area contributed by atoms with Gasteiger partial charge in [-0.25, -0.2) is 4.39 Å². The maximum absolute atomic E-state index is 13.6. The highest BCUT2D eigenvalue weighted by Gasteiger charge is 2.08. The fraction of sp³-hybridized carbons (Fsp3) is 0.625. The Morgan fingerprint density at radius 1 is 1.00 bits per heavy atom. The van der Waals surface area contributed by atoms with Crippen LogP contribution in [0.4, 0.5) is 4.39 Å². The quantitative estimate of drug-likeness (QED) is 0.636. The van der Waals surface area contributed by atoms with Gasteiger partial charge in [0.15, 0.2) is 0 Å². The van der Waals surface area contributed by atoms with Crippen molar-refractivity contribution in [2.45, 2.75) is 26.9 Å². The van der Waals surface area contributed by atoms with Gasteiger partial charge >= 0.3 is 0 Å². The van der Waals surface area contributed by atoms with E-state index in [1.165, 1.54) is 6.07 Å². The van der Waals surface area contributed by atoms with E-state index in [1.54, 1.807) is 6.07 Å². The number of halogens is 1. The zero-order valence-electron chi connectivity index (χ0n) is 13.1. The summed E-state index contributed by atoms with van der Waals surface area (Å²) >= 11 is 0. The van der Waals surface area contributed by atoms with Gasteiger partial charge in [0.1, 0.15) is 5.82 Å². The van der Waals surface area contributed by atoms with Crippen LogP contribution in [-0.4, -0.2) is 44.4 Å². The normalized spacial score (nSPS) is 11.3. The number of hydrogen-bond acceptors (Lipinski definition) is 4. The van der Waals surface area contributed by atoms with Gasteiger partial charge in [-0.15, -0.1) is 0 Å². The third-order valence-electron chi connectivity index (χ3n) is 3.17. The standard InChI is InChI=1S/C16H27FN2O2/c1-3-20-7-5-19(6-8-21-4-2)13-15-9-14(12-18)10-16(17)11-15/h9-11H,3-8,12-13,18H2,1-2H3. The molecule has 0 spiro atoms. The van der Waals surface area contributed by atoms with E-state index in [1.807, 2.05) is 19.9 Å². The molecule has 0 fully saturated rings. The van der Waals surface area contributed by atoms with Crippen LogP contribution in [0.15, 0.2) is 18.2 Å². The fourth-order valence-corrected chi connectivity index (χ4v) is 2.13. The van der Waals surface area contributed by atoms with Gasteiger partial charge in [-0.1, -0.05) is 6.07 Å². The summed E-state index contributed by atoms with van der Waals surface area (Å²) < 4.78 is 24.4. The van der Waals surface area contributed by atoms with Gasteiger partial charge in [0.25, 0.3) is 0 Å². The van der Waals surface area contributed by atoms with Crippen LogP contribution >= 0.6 is 0 Å². The Bertz CT molecular complexity index is 392. The minimum atomic E-state index is -0.234. The molecular weight excluding hydrogens is 271 g/mol. The lowest BCUT2D eigenvalue weighted by Gasteiger charge is -2.22. The van der Waals surface area contributed by atoms with Gasteiger partial charge in [-0.3, -0.25) is 4.90 Å². The summed E-state index contributed by atoms with van der Waals surface area (Å²) in [5.41, 5.74) is 7.35. The summed E-state index contributed by atoms with van der Waals surface area (Å²) in [5, 5.41) is 0. The van der Waals surface area contributed by atoms with E-state index >= 15 is 0 Å². The topological polar surface area (TPSA) is 47.7 Å². The minimum absolute atomic E-state index is 0.234. The second-order valence-corrected chi connectivity index (χ2v) is 4.84. The van der Waals surface area contributed by atoms with Crippen molar-refractivity contribution in [1.82, 2.24) is 4.90 Å². The van der Waals surface area contributed by atoms with Crippen molar-refractivity contribution in [2.24, 2.45) is 5.73 Å². The first-order valence-corrected chi connectivity index (χ1v) is 7.55. The molecule has 0 heterocycles. The molecule has 1 aromatic carbocycles. The molecule has 0 amide bonds. The third-order valence-corrected chi connectivity index (χ3v) is 3.17. The van der Waals surface area contributed by atoms with Crippen LogP contribution in [0.2, 0.25) is 0 Å². The van der Waals surface area contributed by atoms with E-state index in [0.29, 0.717) is 39.5 Å². The molecule has 4 nitrogen and oxygen atoms in total. The molecule has 2 N–H and O–H groups in total. The Morgan fingerprint density at radius 2 is 1.57 bits per heavy atom. The van der Waals surface area contributed by atoms with Gasteiger partial charge in [-0.05, 0) is 37.1 Å². The summed E-state index contributed by atoms with van der Waals surface area (Å²) in [7, 11) is 0. The van der Waals surface area contributed by atoms with E-state index in [4.69, 9.17) is 15.2 Å². The summed E-state index contributed by atoms with van der Waals surface area (Å²) in [6, 6.07) is 5.00. The predicted molar refractivity (Wildman–Crippen MR) is 82.6 cm³/mol. The minimum Gasteiger partial charge on any atom is -0.380 e. The Morgan fingerprint density at radius 3 is 2.10 bits per heavy atom. The average Bonchev–Trinajstić information content (AvgIpc) is 2.47. The Labute approximate surface area is 127 Å². The fourth-order valence-electron chi connectivity index (χ4n) is 2.13. The van der Waals surface area contributed by atoms with Crippen LogP contribution in [0.5, 0.6) is 0 Å². The first-order chi connectivity index (χ1) is 10.2. The van der Waals surface area contributed by atoms with Crippen molar-refractivity contribution in [3.05, 3.63) is 35.1 Å². The second-order valence-electron chi connectivity index (χ2n) is 4.84. The smallest absolute Gasteiger partial charge is 0.123 e. The lowest BCUT2D eigenvalue weighted by molar-refractivity contribution is 0.0797. The zero-order chi connectivity index (χ0) is 15.5. The van der Waals surface area contributed by atoms with Gasteiger partial charge in [0.05, 0.1) is 13.2 Å². The maximum Gasteiger partial charge on any atom is 0.123 e. The van der Waals surface area contributed by atoms with Gasteiger partial charge in [-0.2, -0.15) is 0 Å². The largest absolute Gasteiger partial charge is 0.380 e. The number of ether oxygens (including phenoxy) is 2. The number of benzene rings is 1. The molecule has 21 heavy (non-hydrogen) atoms. The van der Waals surface area contributed by atoms with Crippen LogP contribution < -0.4 is 5.73 Å². The van der Waals surface area contributed by atoms with Crippen molar-refractivity contribution in [3.8, 4) is 0 Å². The van der Waals surface area contributed by atoms with Crippen LogP contribution in [0.3, 0.4) is 0 Å². The molecule has 0 aromatic heterocycles. The Hall–Kier alpha value is -1.01. The number of rotatable bonds is 11. The molecule has 1 rings (SSSR count). The first kappa shape index (κ1) is 18.0. The SMILES string of the molecule is CCOCCN(CCOCC)Cc1cc(F)cc(CN)c1. The Balaban J connectivity index is 2.62.